The number of aryl methyl sites for hydroxylation is 1. The van der Waals surface area contributed by atoms with Crippen LogP contribution in [0.4, 0.5) is 5.69 Å². The first-order valence-corrected chi connectivity index (χ1v) is 5.35. The molecule has 0 saturated heterocycles. The van der Waals surface area contributed by atoms with E-state index < -0.39 is 0 Å². The average Bonchev–Trinajstić information content (AvgIpc) is 1.96. The Bertz CT molecular complexity index is 332. The Labute approximate surface area is 94.5 Å². The van der Waals surface area contributed by atoms with Crippen LogP contribution in [0.2, 0.25) is 0 Å². The van der Waals surface area contributed by atoms with Gasteiger partial charge in [0.15, 0.2) is 0 Å². The second-order valence-corrected chi connectivity index (χ2v) is 4.54. The number of nitrogens with two attached hydrogens (primary N) is 1. The van der Waals surface area contributed by atoms with Crippen LogP contribution in [-0.4, -0.2) is 5.84 Å². The molecule has 0 aliphatic heterocycles. The van der Waals surface area contributed by atoms with Crippen LogP contribution in [-0.2, 0) is 0 Å². The van der Waals surface area contributed by atoms with Crippen LogP contribution in [0.5, 0.6) is 0 Å². The van der Waals surface area contributed by atoms with Gasteiger partial charge in [0, 0.05) is 8.95 Å². The van der Waals surface area contributed by atoms with Gasteiger partial charge in [-0.2, -0.15) is 0 Å². The minimum Gasteiger partial charge on any atom is -0.387 e. The fourth-order valence-electron chi connectivity index (χ4n) is 0.975. The molecule has 1 aromatic rings. The van der Waals surface area contributed by atoms with E-state index in [1.54, 1.807) is 6.92 Å². The number of rotatable bonds is 1. The lowest BCUT2D eigenvalue weighted by Crippen LogP contribution is -2.04. The van der Waals surface area contributed by atoms with Gasteiger partial charge in [-0.15, -0.1) is 0 Å². The summed E-state index contributed by atoms with van der Waals surface area (Å²) in [6.07, 6.45) is 0. The molecule has 1 rings (SSSR count). The third-order valence-corrected chi connectivity index (χ3v) is 2.66. The van der Waals surface area contributed by atoms with Gasteiger partial charge in [-0.1, -0.05) is 0 Å². The van der Waals surface area contributed by atoms with E-state index in [4.69, 9.17) is 5.73 Å². The van der Waals surface area contributed by atoms with Gasteiger partial charge in [0.1, 0.15) is 0 Å². The lowest BCUT2D eigenvalue weighted by molar-refractivity contribution is 1.36. The van der Waals surface area contributed by atoms with Crippen LogP contribution < -0.4 is 5.73 Å². The Hall–Kier alpha value is -0.350. The molecule has 2 N–H and O–H groups in total. The molecule has 0 fully saturated rings. The Morgan fingerprint density at radius 1 is 1.31 bits per heavy atom. The van der Waals surface area contributed by atoms with Gasteiger partial charge in [0.2, 0.25) is 0 Å². The van der Waals surface area contributed by atoms with Crippen molar-refractivity contribution in [2.24, 2.45) is 10.7 Å². The zero-order valence-corrected chi connectivity index (χ0v) is 10.6. The molecule has 13 heavy (non-hydrogen) atoms. The first-order valence-electron chi connectivity index (χ1n) is 3.77. The second kappa shape index (κ2) is 4.24. The van der Waals surface area contributed by atoms with Gasteiger partial charge in [-0.3, -0.25) is 0 Å². The van der Waals surface area contributed by atoms with Crippen molar-refractivity contribution in [3.63, 3.8) is 0 Å². The van der Waals surface area contributed by atoms with Crippen LogP contribution >= 0.6 is 31.9 Å². The van der Waals surface area contributed by atoms with Gasteiger partial charge in [0.05, 0.1) is 11.5 Å². The predicted molar refractivity (Wildman–Crippen MR) is 63.5 cm³/mol. The highest BCUT2D eigenvalue weighted by Crippen LogP contribution is 2.34. The van der Waals surface area contributed by atoms with Crippen molar-refractivity contribution in [1.82, 2.24) is 0 Å². The van der Waals surface area contributed by atoms with E-state index in [0.29, 0.717) is 5.84 Å². The summed E-state index contributed by atoms with van der Waals surface area (Å²) >= 11 is 6.87. The van der Waals surface area contributed by atoms with Gasteiger partial charge in [-0.25, -0.2) is 4.99 Å². The zero-order valence-electron chi connectivity index (χ0n) is 7.44. The summed E-state index contributed by atoms with van der Waals surface area (Å²) < 4.78 is 1.90. The fourth-order valence-corrected chi connectivity index (χ4v) is 2.57. The van der Waals surface area contributed by atoms with Crippen molar-refractivity contribution >= 4 is 43.4 Å². The van der Waals surface area contributed by atoms with Crippen molar-refractivity contribution in [2.45, 2.75) is 13.8 Å². The molecule has 4 heteroatoms. The van der Waals surface area contributed by atoms with Crippen molar-refractivity contribution < 1.29 is 0 Å². The third-order valence-electron chi connectivity index (χ3n) is 1.45. The third kappa shape index (κ3) is 2.81. The lowest BCUT2D eigenvalue weighted by Gasteiger charge is -2.04. The van der Waals surface area contributed by atoms with E-state index >= 15 is 0 Å². The standard InChI is InChI=1S/C9H10Br2N2/c1-5-3-7(10)9(8(11)4-5)13-6(2)12/h3-4H,1-2H3,(H2,12,13). The molecule has 2 nitrogen and oxygen atoms in total. The minimum absolute atomic E-state index is 0.547. The number of hydrogen-bond donors (Lipinski definition) is 1. The largest absolute Gasteiger partial charge is 0.387 e. The summed E-state index contributed by atoms with van der Waals surface area (Å²) in [6.45, 7) is 3.79. The monoisotopic (exact) mass is 304 g/mol. The molecule has 0 aliphatic rings. The number of hydrogen-bond acceptors (Lipinski definition) is 1. The van der Waals surface area contributed by atoms with E-state index in [-0.39, 0.29) is 0 Å². The second-order valence-electron chi connectivity index (χ2n) is 2.83. The zero-order chi connectivity index (χ0) is 10.0. The van der Waals surface area contributed by atoms with Crippen LogP contribution in [0.15, 0.2) is 26.1 Å². The Balaban J connectivity index is 3.29. The molecule has 0 radical (unpaired) electrons. The first kappa shape index (κ1) is 10.7. The Kier molecular flexibility index (Phi) is 3.50. The summed E-state index contributed by atoms with van der Waals surface area (Å²) in [5.74, 6) is 0.547. The van der Waals surface area contributed by atoms with E-state index in [2.05, 4.69) is 36.9 Å². The highest BCUT2D eigenvalue weighted by molar-refractivity contribution is 9.11. The molecule has 0 aromatic heterocycles. The van der Waals surface area contributed by atoms with E-state index in [9.17, 15) is 0 Å². The number of nitrogens with zero attached hydrogens (tertiary/aromatic N) is 1. The number of amidine groups is 1. The van der Waals surface area contributed by atoms with Gasteiger partial charge in [-0.05, 0) is 63.4 Å². The summed E-state index contributed by atoms with van der Waals surface area (Å²) in [4.78, 5) is 4.20. The molecule has 70 valence electrons. The SMILES string of the molecule is CC(N)=Nc1c(Br)cc(C)cc1Br. The number of halogens is 2. The van der Waals surface area contributed by atoms with Gasteiger partial charge >= 0.3 is 0 Å². The Morgan fingerprint density at radius 3 is 2.15 bits per heavy atom. The van der Waals surface area contributed by atoms with E-state index in [1.165, 1.54) is 5.56 Å². The molecule has 0 atom stereocenters. The van der Waals surface area contributed by atoms with Crippen molar-refractivity contribution in [2.75, 3.05) is 0 Å². The maximum atomic E-state index is 5.51. The summed E-state index contributed by atoms with van der Waals surface area (Å²) in [6, 6.07) is 4.01. The average molecular weight is 306 g/mol. The number of benzene rings is 1. The van der Waals surface area contributed by atoms with Crippen LogP contribution in [0.1, 0.15) is 12.5 Å². The van der Waals surface area contributed by atoms with Crippen LogP contribution in [0.25, 0.3) is 0 Å². The van der Waals surface area contributed by atoms with E-state index in [1.807, 2.05) is 19.1 Å². The van der Waals surface area contributed by atoms with Crippen molar-refractivity contribution in [3.8, 4) is 0 Å². The van der Waals surface area contributed by atoms with Crippen LogP contribution in [0.3, 0.4) is 0 Å². The highest BCUT2D eigenvalue weighted by atomic mass is 79.9. The molecule has 0 aliphatic carbocycles. The molecule has 0 amide bonds. The van der Waals surface area contributed by atoms with E-state index in [0.717, 1.165) is 14.6 Å². The normalized spacial score (nSPS) is 11.8. The smallest absolute Gasteiger partial charge is 0.0965 e. The maximum Gasteiger partial charge on any atom is 0.0965 e. The summed E-state index contributed by atoms with van der Waals surface area (Å²) in [7, 11) is 0. The van der Waals surface area contributed by atoms with Crippen LogP contribution in [0, 0.1) is 6.92 Å². The molecule has 0 spiro atoms. The molecule has 0 heterocycles. The molecule has 1 aromatic carbocycles. The first-order chi connectivity index (χ1) is 6.00. The molecular weight excluding hydrogens is 296 g/mol. The number of aliphatic imine (C=N–C) groups is 1. The van der Waals surface area contributed by atoms with Gasteiger partial charge in [0.25, 0.3) is 0 Å². The Morgan fingerprint density at radius 2 is 1.77 bits per heavy atom. The predicted octanol–water partition coefficient (Wildman–Crippen LogP) is 3.53. The quantitative estimate of drug-likeness (QED) is 0.625. The van der Waals surface area contributed by atoms with Crippen molar-refractivity contribution in [1.29, 1.82) is 0 Å². The lowest BCUT2D eigenvalue weighted by atomic mass is 10.2. The molecule has 0 bridgehead atoms. The summed E-state index contributed by atoms with van der Waals surface area (Å²) in [5, 5.41) is 0. The van der Waals surface area contributed by atoms with Gasteiger partial charge < -0.3 is 5.73 Å². The fraction of sp³-hybridized carbons (Fsp3) is 0.222. The maximum absolute atomic E-state index is 5.51. The van der Waals surface area contributed by atoms with Crippen molar-refractivity contribution in [3.05, 3.63) is 26.6 Å². The molecule has 0 unspecified atom stereocenters. The summed E-state index contributed by atoms with van der Waals surface area (Å²) in [5.41, 5.74) is 7.52. The topological polar surface area (TPSA) is 38.4 Å². The molecule has 0 saturated carbocycles. The minimum atomic E-state index is 0.547. The molecular formula is C9H10Br2N2. The highest BCUT2D eigenvalue weighted by Gasteiger charge is 2.04.